The first-order valence-corrected chi connectivity index (χ1v) is 20.4. The first-order valence-electron chi connectivity index (χ1n) is 15.7. The fourth-order valence-electron chi connectivity index (χ4n) is 6.89. The van der Waals surface area contributed by atoms with Gasteiger partial charge in [0.2, 0.25) is 0 Å². The molecule has 2 heterocycles. The number of non-ortho nitro benzene ring substituents is 1. The standard InChI is InChI=1S/C19H24OP.C18H21NO2P/c1-20-18-12-10-17(11-13-18)16-21(14-6-3-7-15-21)19-8-4-2-5-9-19;20-19(21)17-11-9-16(10-12-17)15-22(13-5-2-6-14-22)18-7-3-1-4-8-18/h2,4-5,8-13H,3,6-7,14-16H2,1H3;1,3-4,7-12H,2,5-6,13-15H2/q2*+1. The molecule has 0 atom stereocenters. The maximum absolute atomic E-state index is 10.8. The van der Waals surface area contributed by atoms with Gasteiger partial charge in [-0.15, -0.1) is 0 Å². The average molecular weight is 614 g/mol. The van der Waals surface area contributed by atoms with Crippen LogP contribution in [-0.2, 0) is 12.3 Å². The molecule has 0 saturated carbocycles. The number of rotatable bonds is 8. The van der Waals surface area contributed by atoms with Crippen molar-refractivity contribution >= 4 is 30.8 Å². The van der Waals surface area contributed by atoms with Gasteiger partial charge in [-0.3, -0.25) is 10.1 Å². The predicted molar refractivity (Wildman–Crippen MR) is 187 cm³/mol. The van der Waals surface area contributed by atoms with Crippen LogP contribution in [0.1, 0.15) is 49.7 Å². The molecule has 6 heteroatoms. The number of ether oxygens (including phenoxy) is 1. The van der Waals surface area contributed by atoms with Gasteiger partial charge in [0.1, 0.15) is 5.75 Å². The van der Waals surface area contributed by atoms with E-state index < -0.39 is 14.5 Å². The Morgan fingerprint density at radius 1 is 0.581 bits per heavy atom. The normalized spacial score (nSPS) is 17.2. The maximum atomic E-state index is 10.8. The van der Waals surface area contributed by atoms with Crippen LogP contribution in [0.15, 0.2) is 109 Å². The van der Waals surface area contributed by atoms with Crippen molar-refractivity contribution in [1.29, 1.82) is 0 Å². The van der Waals surface area contributed by atoms with E-state index in [-0.39, 0.29) is 10.6 Å². The van der Waals surface area contributed by atoms with Crippen LogP contribution in [0.25, 0.3) is 0 Å². The number of nitrogens with zero attached hydrogens (tertiary/aromatic N) is 1. The van der Waals surface area contributed by atoms with Crippen LogP contribution >= 0.6 is 14.5 Å². The second kappa shape index (κ2) is 15.1. The summed E-state index contributed by atoms with van der Waals surface area (Å²) in [6, 6.07) is 38.1. The molecule has 0 amide bonds. The smallest absolute Gasteiger partial charge is 0.269 e. The Morgan fingerprint density at radius 3 is 1.35 bits per heavy atom. The van der Waals surface area contributed by atoms with Crippen molar-refractivity contribution in [3.8, 4) is 5.75 Å². The molecule has 4 aromatic carbocycles. The fraction of sp³-hybridized carbons (Fsp3) is 0.351. The monoisotopic (exact) mass is 613 g/mol. The first-order chi connectivity index (χ1) is 21.0. The summed E-state index contributed by atoms with van der Waals surface area (Å²) in [5.41, 5.74) is 2.89. The number of nitro groups is 1. The summed E-state index contributed by atoms with van der Waals surface area (Å²) < 4.78 is 5.28. The summed E-state index contributed by atoms with van der Waals surface area (Å²) in [5.74, 6) is 0.953. The molecule has 43 heavy (non-hydrogen) atoms. The van der Waals surface area contributed by atoms with Gasteiger partial charge in [-0.05, 0) is 98.2 Å². The van der Waals surface area contributed by atoms with Crippen LogP contribution in [0.5, 0.6) is 5.75 Å². The predicted octanol–water partition coefficient (Wildman–Crippen LogP) is 9.34. The third kappa shape index (κ3) is 8.11. The van der Waals surface area contributed by atoms with Crippen LogP contribution in [-0.4, -0.2) is 36.7 Å². The molecular formula is C37H45NO3P2+2. The second-order valence-electron chi connectivity index (χ2n) is 12.1. The van der Waals surface area contributed by atoms with Crippen molar-refractivity contribution < 1.29 is 9.66 Å². The highest BCUT2D eigenvalue weighted by molar-refractivity contribution is 7.82. The molecule has 0 spiro atoms. The molecule has 0 radical (unpaired) electrons. The lowest BCUT2D eigenvalue weighted by Gasteiger charge is -2.31. The van der Waals surface area contributed by atoms with Gasteiger partial charge in [0, 0.05) is 12.1 Å². The fourth-order valence-corrected chi connectivity index (χ4v) is 16.1. The molecule has 4 aromatic rings. The maximum Gasteiger partial charge on any atom is 0.269 e. The number of hydrogen-bond acceptors (Lipinski definition) is 3. The lowest BCUT2D eigenvalue weighted by atomic mass is 10.2. The van der Waals surface area contributed by atoms with Crippen molar-refractivity contribution in [1.82, 2.24) is 0 Å². The van der Waals surface area contributed by atoms with Crippen LogP contribution in [0.4, 0.5) is 5.69 Å². The molecule has 2 aliphatic heterocycles. The molecule has 4 nitrogen and oxygen atoms in total. The number of nitro benzene ring substituents is 1. The van der Waals surface area contributed by atoms with E-state index in [4.69, 9.17) is 4.74 Å². The van der Waals surface area contributed by atoms with Crippen molar-refractivity contribution in [2.75, 3.05) is 31.8 Å². The lowest BCUT2D eigenvalue weighted by Crippen LogP contribution is -2.22. The van der Waals surface area contributed by atoms with Crippen molar-refractivity contribution in [3.63, 3.8) is 0 Å². The molecule has 6 rings (SSSR count). The zero-order valence-corrected chi connectivity index (χ0v) is 27.2. The van der Waals surface area contributed by atoms with E-state index in [1.165, 1.54) is 85.8 Å². The molecular weight excluding hydrogens is 568 g/mol. The lowest BCUT2D eigenvalue weighted by molar-refractivity contribution is -0.384. The van der Waals surface area contributed by atoms with Gasteiger partial charge in [-0.25, -0.2) is 0 Å². The van der Waals surface area contributed by atoms with Gasteiger partial charge in [-0.1, -0.05) is 48.5 Å². The topological polar surface area (TPSA) is 52.4 Å². The third-order valence-electron chi connectivity index (χ3n) is 9.23. The minimum absolute atomic E-state index is 0.180. The number of hydrogen-bond donors (Lipinski definition) is 0. The zero-order chi connectivity index (χ0) is 30.0. The van der Waals surface area contributed by atoms with Crippen LogP contribution in [0.2, 0.25) is 0 Å². The summed E-state index contributed by atoms with van der Waals surface area (Å²) in [6.07, 6.45) is 16.0. The van der Waals surface area contributed by atoms with Crippen LogP contribution in [0, 0.1) is 10.1 Å². The van der Waals surface area contributed by atoms with Crippen molar-refractivity contribution in [2.24, 2.45) is 0 Å². The largest absolute Gasteiger partial charge is 0.497 e. The Kier molecular flexibility index (Phi) is 11.0. The number of benzene rings is 4. The molecule has 2 fully saturated rings. The summed E-state index contributed by atoms with van der Waals surface area (Å²) in [7, 11) is -0.471. The van der Waals surface area contributed by atoms with Crippen LogP contribution in [0.3, 0.4) is 0 Å². The molecule has 2 aliphatic rings. The highest BCUT2D eigenvalue weighted by Gasteiger charge is 2.42. The van der Waals surface area contributed by atoms with Gasteiger partial charge >= 0.3 is 0 Å². The Bertz CT molecular complexity index is 1410. The van der Waals surface area contributed by atoms with E-state index in [1.54, 1.807) is 24.5 Å². The summed E-state index contributed by atoms with van der Waals surface area (Å²) >= 11 is 0. The summed E-state index contributed by atoms with van der Waals surface area (Å²) in [4.78, 5) is 10.5. The van der Waals surface area contributed by atoms with E-state index in [0.717, 1.165) is 11.9 Å². The second-order valence-corrected chi connectivity index (χ2v) is 20.1. The molecule has 0 N–H and O–H groups in total. The minimum Gasteiger partial charge on any atom is -0.497 e. The quantitative estimate of drug-likeness (QED) is 0.113. The SMILES string of the molecule is COc1ccc(C[P+]2(c3ccccc3)CCCCC2)cc1.O=[N+]([O-])c1ccc(C[P+]2(c3ccccc3)CCCCC2)cc1. The summed E-state index contributed by atoms with van der Waals surface area (Å²) in [6.45, 7) is 0. The highest BCUT2D eigenvalue weighted by atomic mass is 31.2. The van der Waals surface area contributed by atoms with Crippen LogP contribution < -0.4 is 15.3 Å². The Hall–Kier alpha value is -3.06. The zero-order valence-electron chi connectivity index (χ0n) is 25.4. The van der Waals surface area contributed by atoms with Crippen molar-refractivity contribution in [3.05, 3.63) is 130 Å². The molecule has 2 saturated heterocycles. The first kappa shape index (κ1) is 31.4. The van der Waals surface area contributed by atoms with Gasteiger partial charge in [0.25, 0.3) is 5.69 Å². The van der Waals surface area contributed by atoms with Gasteiger partial charge in [0.15, 0.2) is 0 Å². The molecule has 0 aliphatic carbocycles. The number of methoxy groups -OCH3 is 1. The average Bonchev–Trinajstić information content (AvgIpc) is 3.07. The minimum atomic E-state index is -1.17. The summed E-state index contributed by atoms with van der Waals surface area (Å²) in [5, 5.41) is 13.9. The van der Waals surface area contributed by atoms with E-state index in [0.29, 0.717) is 0 Å². The Morgan fingerprint density at radius 2 is 0.977 bits per heavy atom. The molecule has 0 bridgehead atoms. The Labute approximate surface area is 258 Å². The third-order valence-corrected chi connectivity index (χ3v) is 18.6. The highest BCUT2D eigenvalue weighted by Crippen LogP contribution is 2.64. The van der Waals surface area contributed by atoms with Gasteiger partial charge in [0.05, 0.1) is 74.1 Å². The van der Waals surface area contributed by atoms with E-state index in [1.807, 2.05) is 12.1 Å². The van der Waals surface area contributed by atoms with Crippen molar-refractivity contribution in [2.45, 2.75) is 50.8 Å². The van der Waals surface area contributed by atoms with E-state index >= 15 is 0 Å². The van der Waals surface area contributed by atoms with Gasteiger partial charge < -0.3 is 4.74 Å². The molecule has 0 unspecified atom stereocenters. The van der Waals surface area contributed by atoms with E-state index in [2.05, 4.69) is 84.9 Å². The van der Waals surface area contributed by atoms with Gasteiger partial charge in [-0.2, -0.15) is 0 Å². The molecule has 224 valence electrons. The Balaban J connectivity index is 0.000000171. The van der Waals surface area contributed by atoms with E-state index in [9.17, 15) is 10.1 Å². The molecule has 0 aromatic heterocycles.